The van der Waals surface area contributed by atoms with Crippen molar-refractivity contribution >= 4 is 21.8 Å². The molecule has 0 saturated heterocycles. The van der Waals surface area contributed by atoms with Gasteiger partial charge in [-0.3, -0.25) is 0 Å². The van der Waals surface area contributed by atoms with E-state index in [2.05, 4.69) is 4.74 Å². The molecule has 0 heterocycles. The Kier molecular flexibility index (Phi) is 5.36. The van der Waals surface area contributed by atoms with E-state index in [4.69, 9.17) is 5.11 Å². The number of ether oxygens (including phenoxy) is 1. The van der Waals surface area contributed by atoms with Crippen LogP contribution in [-0.4, -0.2) is 38.2 Å². The highest BCUT2D eigenvalue weighted by atomic mass is 32.2. The Hall–Kier alpha value is -2.88. The van der Waals surface area contributed by atoms with Crippen molar-refractivity contribution in [1.29, 1.82) is 0 Å². The van der Waals surface area contributed by atoms with E-state index in [-0.39, 0.29) is 20.9 Å². The van der Waals surface area contributed by atoms with Gasteiger partial charge >= 0.3 is 18.1 Å². The standard InChI is InChI=1S/C16H11F3O6S/c17-16(18,19)9-25-15(22)11-3-7-13(8-4-11)26(23,24)12-5-1-10(2-6-12)14(20)21/h1-8H,9H2,(H,20,21). The van der Waals surface area contributed by atoms with Crippen molar-refractivity contribution in [3.05, 3.63) is 59.7 Å². The zero-order chi connectivity index (χ0) is 19.5. The Morgan fingerprint density at radius 3 is 1.69 bits per heavy atom. The monoisotopic (exact) mass is 388 g/mol. The van der Waals surface area contributed by atoms with E-state index >= 15 is 0 Å². The predicted octanol–water partition coefficient (Wildman–Crippen LogP) is 2.94. The third kappa shape index (κ3) is 4.60. The summed E-state index contributed by atoms with van der Waals surface area (Å²) in [5.74, 6) is -2.45. The summed E-state index contributed by atoms with van der Waals surface area (Å²) in [5.41, 5.74) is -0.332. The van der Waals surface area contributed by atoms with Gasteiger partial charge in [0.05, 0.1) is 20.9 Å². The van der Waals surface area contributed by atoms with E-state index in [1.165, 1.54) is 0 Å². The number of aromatic carboxylic acids is 1. The van der Waals surface area contributed by atoms with Crippen molar-refractivity contribution in [2.24, 2.45) is 0 Å². The lowest BCUT2D eigenvalue weighted by atomic mass is 10.2. The molecular weight excluding hydrogens is 377 g/mol. The minimum absolute atomic E-state index is 0.0910. The van der Waals surface area contributed by atoms with Gasteiger partial charge in [0.15, 0.2) is 6.61 Å². The van der Waals surface area contributed by atoms with E-state index in [9.17, 15) is 31.2 Å². The highest BCUT2D eigenvalue weighted by Gasteiger charge is 2.30. The minimum Gasteiger partial charge on any atom is -0.478 e. The second-order valence-corrected chi connectivity index (χ2v) is 7.00. The Morgan fingerprint density at radius 1 is 0.885 bits per heavy atom. The van der Waals surface area contributed by atoms with Gasteiger partial charge in [-0.15, -0.1) is 0 Å². The van der Waals surface area contributed by atoms with Crippen molar-refractivity contribution in [2.45, 2.75) is 16.0 Å². The van der Waals surface area contributed by atoms with Crippen LogP contribution in [0.4, 0.5) is 13.2 Å². The number of halogens is 3. The number of hydrogen-bond donors (Lipinski definition) is 1. The van der Waals surface area contributed by atoms with E-state index in [1.807, 2.05) is 0 Å². The average Bonchev–Trinajstić information content (AvgIpc) is 2.59. The van der Waals surface area contributed by atoms with Crippen LogP contribution in [-0.2, 0) is 14.6 Å². The van der Waals surface area contributed by atoms with Gasteiger partial charge in [-0.25, -0.2) is 18.0 Å². The highest BCUT2D eigenvalue weighted by molar-refractivity contribution is 7.91. The smallest absolute Gasteiger partial charge is 0.422 e. The molecule has 2 rings (SSSR count). The topological polar surface area (TPSA) is 97.7 Å². The number of carbonyl (C=O) groups excluding carboxylic acids is 1. The van der Waals surface area contributed by atoms with Crippen LogP contribution in [0.5, 0.6) is 0 Å². The van der Waals surface area contributed by atoms with Crippen molar-refractivity contribution in [3.63, 3.8) is 0 Å². The molecular formula is C16H11F3O6S. The number of hydrogen-bond acceptors (Lipinski definition) is 5. The number of sulfone groups is 1. The van der Waals surface area contributed by atoms with Gasteiger partial charge in [0.2, 0.25) is 9.84 Å². The fraction of sp³-hybridized carbons (Fsp3) is 0.125. The highest BCUT2D eigenvalue weighted by Crippen LogP contribution is 2.22. The molecule has 0 aliphatic rings. The van der Waals surface area contributed by atoms with Crippen LogP contribution in [0.2, 0.25) is 0 Å². The molecule has 0 bridgehead atoms. The van der Waals surface area contributed by atoms with Crippen LogP contribution >= 0.6 is 0 Å². The molecule has 0 fully saturated rings. The van der Waals surface area contributed by atoms with Gasteiger partial charge in [-0.1, -0.05) is 0 Å². The van der Waals surface area contributed by atoms with Crippen LogP contribution in [0, 0.1) is 0 Å². The number of carboxylic acids is 1. The third-order valence-corrected chi connectivity index (χ3v) is 4.96. The molecule has 0 aliphatic carbocycles. The van der Waals surface area contributed by atoms with Crippen molar-refractivity contribution < 1.29 is 41.0 Å². The molecule has 0 aromatic heterocycles. The second kappa shape index (κ2) is 7.16. The molecule has 0 atom stereocenters. The number of alkyl halides is 3. The number of rotatable bonds is 5. The average molecular weight is 388 g/mol. The van der Waals surface area contributed by atoms with Gasteiger partial charge in [0, 0.05) is 0 Å². The predicted molar refractivity (Wildman–Crippen MR) is 81.6 cm³/mol. The Balaban J connectivity index is 2.21. The van der Waals surface area contributed by atoms with E-state index in [0.29, 0.717) is 0 Å². The summed E-state index contributed by atoms with van der Waals surface area (Å²) in [6, 6.07) is 8.62. The fourth-order valence-electron chi connectivity index (χ4n) is 1.91. The summed E-state index contributed by atoms with van der Waals surface area (Å²) in [6.45, 7) is -1.75. The molecule has 0 amide bonds. The SMILES string of the molecule is O=C(O)c1ccc(S(=O)(=O)c2ccc(C(=O)OCC(F)(F)F)cc2)cc1. The zero-order valence-electron chi connectivity index (χ0n) is 12.9. The van der Waals surface area contributed by atoms with Gasteiger partial charge in [-0.2, -0.15) is 13.2 Å². The summed E-state index contributed by atoms with van der Waals surface area (Å²) in [6.07, 6.45) is -4.67. The summed E-state index contributed by atoms with van der Waals surface area (Å²) < 4.78 is 65.0. The second-order valence-electron chi connectivity index (χ2n) is 5.05. The van der Waals surface area contributed by atoms with Crippen LogP contribution in [0.15, 0.2) is 58.3 Å². The maximum atomic E-state index is 12.4. The summed E-state index contributed by atoms with van der Waals surface area (Å²) in [4.78, 5) is 21.9. The molecule has 0 aliphatic heterocycles. The van der Waals surface area contributed by atoms with E-state index in [1.54, 1.807) is 0 Å². The normalized spacial score (nSPS) is 11.8. The van der Waals surface area contributed by atoms with Gasteiger partial charge in [0.1, 0.15) is 0 Å². The Morgan fingerprint density at radius 2 is 1.31 bits per heavy atom. The molecule has 26 heavy (non-hydrogen) atoms. The lowest BCUT2D eigenvalue weighted by Crippen LogP contribution is -2.20. The first kappa shape index (κ1) is 19.4. The molecule has 0 saturated carbocycles. The van der Waals surface area contributed by atoms with Crippen LogP contribution in [0.25, 0.3) is 0 Å². The van der Waals surface area contributed by atoms with Crippen LogP contribution in [0.1, 0.15) is 20.7 Å². The Labute approximate surface area is 145 Å². The molecule has 1 N–H and O–H groups in total. The maximum absolute atomic E-state index is 12.4. The first-order valence-electron chi connectivity index (χ1n) is 6.93. The van der Waals surface area contributed by atoms with E-state index < -0.39 is 34.6 Å². The molecule has 0 radical (unpaired) electrons. The van der Waals surface area contributed by atoms with Gasteiger partial charge in [-0.05, 0) is 48.5 Å². The molecule has 2 aromatic rings. The van der Waals surface area contributed by atoms with E-state index in [0.717, 1.165) is 48.5 Å². The summed E-state index contributed by atoms with van der Waals surface area (Å²) in [5, 5.41) is 8.81. The molecule has 2 aromatic carbocycles. The molecule has 0 unspecified atom stereocenters. The molecule has 138 valence electrons. The first-order valence-corrected chi connectivity index (χ1v) is 8.41. The minimum atomic E-state index is -4.67. The lowest BCUT2D eigenvalue weighted by Gasteiger charge is -2.09. The van der Waals surface area contributed by atoms with Crippen LogP contribution < -0.4 is 0 Å². The number of benzene rings is 2. The number of carboxylic acid groups (broad SMARTS) is 1. The van der Waals surface area contributed by atoms with Crippen molar-refractivity contribution in [3.8, 4) is 0 Å². The quantitative estimate of drug-likeness (QED) is 0.791. The lowest BCUT2D eigenvalue weighted by molar-refractivity contribution is -0.161. The molecule has 6 nitrogen and oxygen atoms in total. The van der Waals surface area contributed by atoms with Crippen molar-refractivity contribution in [1.82, 2.24) is 0 Å². The van der Waals surface area contributed by atoms with Gasteiger partial charge in [0.25, 0.3) is 0 Å². The number of carbonyl (C=O) groups is 2. The first-order chi connectivity index (χ1) is 12.0. The van der Waals surface area contributed by atoms with Gasteiger partial charge < -0.3 is 9.84 Å². The third-order valence-electron chi connectivity index (χ3n) is 3.18. The summed E-state index contributed by atoms with van der Waals surface area (Å²) in [7, 11) is -3.98. The fourth-order valence-corrected chi connectivity index (χ4v) is 3.17. The molecule has 10 heteroatoms. The largest absolute Gasteiger partial charge is 0.478 e. The number of esters is 1. The summed E-state index contributed by atoms with van der Waals surface area (Å²) >= 11 is 0. The zero-order valence-corrected chi connectivity index (χ0v) is 13.7. The molecule has 0 spiro atoms. The van der Waals surface area contributed by atoms with Crippen LogP contribution in [0.3, 0.4) is 0 Å². The Bertz CT molecular complexity index is 916. The maximum Gasteiger partial charge on any atom is 0.422 e. The van der Waals surface area contributed by atoms with Crippen molar-refractivity contribution in [2.75, 3.05) is 6.61 Å².